The summed E-state index contributed by atoms with van der Waals surface area (Å²) in [4.78, 5) is 31.6. The molecule has 0 saturated heterocycles. The van der Waals surface area contributed by atoms with Crippen LogP contribution in [-0.2, 0) is 9.53 Å². The highest BCUT2D eigenvalue weighted by Crippen LogP contribution is 2.37. The first kappa shape index (κ1) is 22.6. The van der Waals surface area contributed by atoms with Crippen LogP contribution in [0.2, 0.25) is 0 Å². The summed E-state index contributed by atoms with van der Waals surface area (Å²) in [5, 5.41) is 0. The molecule has 4 rings (SSSR count). The standard InChI is InChI=1S/C24H24N2O6S/c1-6-31-23(28)20-14(3)25-24-26(21(20)17-11-15(29-4)9-10-18(17)30-5)22(27)19(33-24)12-16-8-7-13(2)32-16/h7-12,21H,6H2,1-5H3. The molecule has 0 radical (unpaired) electrons. The van der Waals surface area contributed by atoms with E-state index < -0.39 is 12.0 Å². The number of carbonyl (C=O) groups excluding carboxylic acids is 1. The number of thiazole rings is 1. The van der Waals surface area contributed by atoms with Crippen LogP contribution in [0, 0.1) is 6.92 Å². The lowest BCUT2D eigenvalue weighted by atomic mass is 9.95. The molecule has 172 valence electrons. The maximum Gasteiger partial charge on any atom is 0.338 e. The van der Waals surface area contributed by atoms with Crippen LogP contribution in [0.5, 0.6) is 11.5 Å². The van der Waals surface area contributed by atoms with E-state index in [2.05, 4.69) is 4.99 Å². The summed E-state index contributed by atoms with van der Waals surface area (Å²) in [6.07, 6.45) is 1.68. The van der Waals surface area contributed by atoms with Crippen LogP contribution >= 0.6 is 11.3 Å². The minimum absolute atomic E-state index is 0.194. The molecular weight excluding hydrogens is 444 g/mol. The monoisotopic (exact) mass is 468 g/mol. The van der Waals surface area contributed by atoms with Gasteiger partial charge in [0.15, 0.2) is 4.80 Å². The number of allylic oxidation sites excluding steroid dienone is 1. The van der Waals surface area contributed by atoms with Crippen molar-refractivity contribution in [1.82, 2.24) is 4.57 Å². The van der Waals surface area contributed by atoms with E-state index in [-0.39, 0.29) is 17.7 Å². The van der Waals surface area contributed by atoms with Gasteiger partial charge in [-0.25, -0.2) is 9.79 Å². The second kappa shape index (κ2) is 9.11. The van der Waals surface area contributed by atoms with E-state index >= 15 is 0 Å². The van der Waals surface area contributed by atoms with Crippen LogP contribution in [0.3, 0.4) is 0 Å². The highest BCUT2D eigenvalue weighted by Gasteiger charge is 2.35. The molecule has 0 aliphatic carbocycles. The van der Waals surface area contributed by atoms with Crippen LogP contribution in [-0.4, -0.2) is 31.4 Å². The summed E-state index contributed by atoms with van der Waals surface area (Å²) < 4.78 is 23.9. The highest BCUT2D eigenvalue weighted by molar-refractivity contribution is 7.07. The van der Waals surface area contributed by atoms with Gasteiger partial charge in [0.25, 0.3) is 5.56 Å². The van der Waals surface area contributed by atoms with Gasteiger partial charge in [0.05, 0.1) is 36.6 Å². The van der Waals surface area contributed by atoms with Gasteiger partial charge >= 0.3 is 5.97 Å². The number of aryl methyl sites for hydroxylation is 1. The van der Waals surface area contributed by atoms with Crippen molar-refractivity contribution < 1.29 is 23.4 Å². The minimum atomic E-state index is -0.800. The predicted molar refractivity (Wildman–Crippen MR) is 123 cm³/mol. The fourth-order valence-electron chi connectivity index (χ4n) is 3.80. The zero-order chi connectivity index (χ0) is 23.7. The van der Waals surface area contributed by atoms with Crippen LogP contribution in [0.25, 0.3) is 6.08 Å². The van der Waals surface area contributed by atoms with E-state index in [0.29, 0.717) is 37.9 Å². The fraction of sp³-hybridized carbons (Fsp3) is 0.292. The van der Waals surface area contributed by atoms with Gasteiger partial charge in [-0.2, -0.15) is 0 Å². The van der Waals surface area contributed by atoms with Crippen molar-refractivity contribution in [3.05, 3.63) is 78.4 Å². The van der Waals surface area contributed by atoms with Crippen LogP contribution < -0.4 is 24.4 Å². The molecule has 0 bridgehead atoms. The van der Waals surface area contributed by atoms with Gasteiger partial charge in [-0.1, -0.05) is 11.3 Å². The lowest BCUT2D eigenvalue weighted by Crippen LogP contribution is -2.40. The van der Waals surface area contributed by atoms with Crippen LogP contribution in [0.1, 0.15) is 37.0 Å². The Morgan fingerprint density at radius 2 is 2.00 bits per heavy atom. The zero-order valence-electron chi connectivity index (χ0n) is 19.0. The molecule has 3 heterocycles. The second-order valence-electron chi connectivity index (χ2n) is 7.36. The Balaban J connectivity index is 2.02. The summed E-state index contributed by atoms with van der Waals surface area (Å²) >= 11 is 1.23. The lowest BCUT2D eigenvalue weighted by molar-refractivity contribution is -0.139. The lowest BCUT2D eigenvalue weighted by Gasteiger charge is -2.26. The van der Waals surface area contributed by atoms with Crippen molar-refractivity contribution in [1.29, 1.82) is 0 Å². The Labute approximate surface area is 194 Å². The third kappa shape index (κ3) is 4.11. The number of furan rings is 1. The van der Waals surface area contributed by atoms with Crippen LogP contribution in [0.15, 0.2) is 55.8 Å². The number of esters is 1. The molecule has 33 heavy (non-hydrogen) atoms. The average molecular weight is 469 g/mol. The van der Waals surface area contributed by atoms with E-state index in [0.717, 1.165) is 5.76 Å². The number of nitrogens with zero attached hydrogens (tertiary/aromatic N) is 2. The quantitative estimate of drug-likeness (QED) is 0.517. The molecule has 3 aromatic rings. The Morgan fingerprint density at radius 3 is 2.64 bits per heavy atom. The molecule has 0 N–H and O–H groups in total. The van der Waals surface area contributed by atoms with Gasteiger partial charge in [0, 0.05) is 11.6 Å². The van der Waals surface area contributed by atoms with Gasteiger partial charge in [-0.05, 0) is 51.1 Å². The normalized spacial score (nSPS) is 15.8. The van der Waals surface area contributed by atoms with Gasteiger partial charge < -0.3 is 18.6 Å². The number of methoxy groups -OCH3 is 2. The molecule has 8 nitrogen and oxygen atoms in total. The number of ether oxygens (including phenoxy) is 3. The maximum absolute atomic E-state index is 13.6. The van der Waals surface area contributed by atoms with E-state index in [4.69, 9.17) is 18.6 Å². The number of carbonyl (C=O) groups is 1. The summed E-state index contributed by atoms with van der Waals surface area (Å²) in [7, 11) is 3.09. The largest absolute Gasteiger partial charge is 0.497 e. The molecule has 1 aliphatic heterocycles. The van der Waals surface area contributed by atoms with Crippen molar-refractivity contribution in [2.24, 2.45) is 4.99 Å². The Bertz CT molecular complexity index is 1430. The highest BCUT2D eigenvalue weighted by atomic mass is 32.1. The zero-order valence-corrected chi connectivity index (χ0v) is 19.8. The molecule has 1 aromatic carbocycles. The summed E-state index contributed by atoms with van der Waals surface area (Å²) in [5.74, 6) is 1.85. The predicted octanol–water partition coefficient (Wildman–Crippen LogP) is 2.72. The SMILES string of the molecule is CCOC(=O)C1=C(C)N=c2sc(=Cc3ccc(C)o3)c(=O)n2C1c1cc(OC)ccc1OC. The van der Waals surface area contributed by atoms with Gasteiger partial charge in [-0.15, -0.1) is 0 Å². The van der Waals surface area contributed by atoms with Crippen molar-refractivity contribution in [2.45, 2.75) is 26.8 Å². The Hall–Kier alpha value is -3.59. The molecule has 0 saturated carbocycles. The molecule has 1 aliphatic rings. The molecular formula is C24H24N2O6S. The maximum atomic E-state index is 13.6. The van der Waals surface area contributed by atoms with E-state index in [1.54, 1.807) is 51.3 Å². The number of benzene rings is 1. The Morgan fingerprint density at radius 1 is 1.21 bits per heavy atom. The summed E-state index contributed by atoms with van der Waals surface area (Å²) in [6.45, 7) is 5.50. The van der Waals surface area contributed by atoms with Crippen molar-refractivity contribution >= 4 is 23.4 Å². The third-order valence-electron chi connectivity index (χ3n) is 5.28. The molecule has 2 aromatic heterocycles. The first-order chi connectivity index (χ1) is 15.9. The second-order valence-corrected chi connectivity index (χ2v) is 8.37. The van der Waals surface area contributed by atoms with E-state index in [9.17, 15) is 9.59 Å². The number of aromatic nitrogens is 1. The van der Waals surface area contributed by atoms with Crippen molar-refractivity contribution in [2.75, 3.05) is 20.8 Å². The molecule has 0 amide bonds. The van der Waals surface area contributed by atoms with Crippen molar-refractivity contribution in [3.63, 3.8) is 0 Å². The number of fused-ring (bicyclic) bond motifs is 1. The third-order valence-corrected chi connectivity index (χ3v) is 6.27. The molecule has 1 atom stereocenters. The van der Waals surface area contributed by atoms with Crippen molar-refractivity contribution in [3.8, 4) is 11.5 Å². The smallest absolute Gasteiger partial charge is 0.338 e. The minimum Gasteiger partial charge on any atom is -0.497 e. The first-order valence-electron chi connectivity index (χ1n) is 10.4. The number of hydrogen-bond acceptors (Lipinski definition) is 8. The van der Waals surface area contributed by atoms with E-state index in [1.165, 1.54) is 23.0 Å². The summed E-state index contributed by atoms with van der Waals surface area (Å²) in [6, 6.07) is 8.08. The van der Waals surface area contributed by atoms with Gasteiger partial charge in [0.1, 0.15) is 29.1 Å². The average Bonchev–Trinajstić information content (AvgIpc) is 3.34. The molecule has 0 fully saturated rings. The number of hydrogen-bond donors (Lipinski definition) is 0. The summed E-state index contributed by atoms with van der Waals surface area (Å²) in [5.41, 5.74) is 1.05. The topological polar surface area (TPSA) is 92.3 Å². The van der Waals surface area contributed by atoms with E-state index in [1.807, 2.05) is 13.0 Å². The first-order valence-corrected chi connectivity index (χ1v) is 11.2. The van der Waals surface area contributed by atoms with Gasteiger partial charge in [0.2, 0.25) is 0 Å². The number of rotatable bonds is 6. The Kier molecular flexibility index (Phi) is 6.24. The fourth-order valence-corrected chi connectivity index (χ4v) is 4.83. The van der Waals surface area contributed by atoms with Gasteiger partial charge in [-0.3, -0.25) is 9.36 Å². The molecule has 1 unspecified atom stereocenters. The molecule has 0 spiro atoms. The molecule has 9 heteroatoms. The van der Waals surface area contributed by atoms with Crippen LogP contribution in [0.4, 0.5) is 0 Å².